The van der Waals surface area contributed by atoms with Crippen molar-refractivity contribution in [1.29, 1.82) is 0 Å². The van der Waals surface area contributed by atoms with Crippen LogP contribution in [0.4, 0.5) is 17.1 Å². The fourth-order valence-electron chi connectivity index (χ4n) is 9.93. The highest BCUT2D eigenvalue weighted by Gasteiger charge is 2.19. The molecule has 13 aromatic rings. The predicted molar refractivity (Wildman–Crippen MR) is 274 cm³/mol. The average Bonchev–Trinajstić information content (AvgIpc) is 4.02. The van der Waals surface area contributed by atoms with E-state index in [1.165, 1.54) is 91.7 Å². The number of fused-ring (bicyclic) bond motifs is 9. The van der Waals surface area contributed by atoms with Gasteiger partial charge in [0.05, 0.1) is 22.1 Å². The van der Waals surface area contributed by atoms with E-state index in [0.29, 0.717) is 0 Å². The van der Waals surface area contributed by atoms with Gasteiger partial charge in [-0.1, -0.05) is 121 Å². The molecule has 0 aliphatic heterocycles. The molecule has 0 unspecified atom stereocenters. The first kappa shape index (κ1) is 36.5. The second-order valence-electron chi connectivity index (χ2n) is 16.6. The van der Waals surface area contributed by atoms with Gasteiger partial charge in [-0.25, -0.2) is 0 Å². The fourth-order valence-corrected chi connectivity index (χ4v) is 11.0. The van der Waals surface area contributed by atoms with E-state index in [4.69, 9.17) is 0 Å². The number of hydrogen-bond acceptors (Lipinski definition) is 2. The Morgan fingerprint density at radius 1 is 0.266 bits per heavy atom. The monoisotopic (exact) mass is 833 g/mol. The van der Waals surface area contributed by atoms with Crippen LogP contribution in [0, 0.1) is 0 Å². The van der Waals surface area contributed by atoms with Crippen LogP contribution in [0.3, 0.4) is 0 Å². The largest absolute Gasteiger partial charge is 0.310 e. The van der Waals surface area contributed by atoms with E-state index in [2.05, 4.69) is 251 Å². The summed E-state index contributed by atoms with van der Waals surface area (Å²) in [7, 11) is 0. The predicted octanol–water partition coefficient (Wildman–Crippen LogP) is 17.1. The third-order valence-corrected chi connectivity index (χ3v) is 14.0. The van der Waals surface area contributed by atoms with Crippen LogP contribution in [0.25, 0.3) is 97.4 Å². The van der Waals surface area contributed by atoms with Gasteiger partial charge in [0, 0.05) is 70.2 Å². The van der Waals surface area contributed by atoms with E-state index in [9.17, 15) is 0 Å². The highest BCUT2D eigenvalue weighted by atomic mass is 32.1. The van der Waals surface area contributed by atoms with Crippen molar-refractivity contribution in [2.45, 2.75) is 0 Å². The lowest BCUT2D eigenvalue weighted by Gasteiger charge is -2.26. The summed E-state index contributed by atoms with van der Waals surface area (Å²) < 4.78 is 7.40. The summed E-state index contributed by atoms with van der Waals surface area (Å²) in [5, 5.41) is 7.56. The topological polar surface area (TPSA) is 13.1 Å². The van der Waals surface area contributed by atoms with Crippen LogP contribution in [0.15, 0.2) is 237 Å². The quantitative estimate of drug-likeness (QED) is 0.156. The van der Waals surface area contributed by atoms with Gasteiger partial charge in [-0.2, -0.15) is 0 Å². The van der Waals surface area contributed by atoms with Crippen LogP contribution >= 0.6 is 11.3 Å². The molecule has 0 saturated carbocycles. The molecular formula is C60H39N3S. The Kier molecular flexibility index (Phi) is 8.40. The summed E-state index contributed by atoms with van der Waals surface area (Å²) in [6.45, 7) is 0. The minimum Gasteiger partial charge on any atom is -0.310 e. The third-order valence-electron chi connectivity index (χ3n) is 12.9. The zero-order valence-electron chi connectivity index (χ0n) is 34.8. The van der Waals surface area contributed by atoms with Crippen molar-refractivity contribution in [3.8, 4) is 33.6 Å². The normalized spacial score (nSPS) is 11.8. The Morgan fingerprint density at radius 2 is 0.688 bits per heavy atom. The highest BCUT2D eigenvalue weighted by molar-refractivity contribution is 7.25. The van der Waals surface area contributed by atoms with Crippen molar-refractivity contribution in [2.75, 3.05) is 4.90 Å². The van der Waals surface area contributed by atoms with Gasteiger partial charge in [-0.3, -0.25) is 0 Å². The summed E-state index contributed by atoms with van der Waals surface area (Å²) in [6.07, 6.45) is 0. The number of para-hydroxylation sites is 4. The summed E-state index contributed by atoms with van der Waals surface area (Å²) in [4.78, 5) is 2.37. The highest BCUT2D eigenvalue weighted by Crippen LogP contribution is 2.43. The molecule has 0 spiro atoms. The molecule has 4 heteroatoms. The molecule has 300 valence electrons. The number of aromatic nitrogens is 2. The molecule has 0 fully saturated rings. The molecule has 3 nitrogen and oxygen atoms in total. The van der Waals surface area contributed by atoms with E-state index < -0.39 is 0 Å². The smallest absolute Gasteiger partial charge is 0.0541 e. The van der Waals surface area contributed by atoms with E-state index >= 15 is 0 Å². The molecule has 64 heavy (non-hydrogen) atoms. The third kappa shape index (κ3) is 5.88. The maximum atomic E-state index is 2.41. The number of benzene rings is 10. The van der Waals surface area contributed by atoms with Gasteiger partial charge >= 0.3 is 0 Å². The minimum atomic E-state index is 1.11. The Bertz CT molecular complexity index is 3880. The molecule has 0 aliphatic carbocycles. The second-order valence-corrected chi connectivity index (χ2v) is 17.6. The zero-order chi connectivity index (χ0) is 42.1. The molecule has 0 bridgehead atoms. The molecule has 0 N–H and O–H groups in total. The zero-order valence-corrected chi connectivity index (χ0v) is 35.6. The molecule has 3 heterocycles. The van der Waals surface area contributed by atoms with E-state index in [0.717, 1.165) is 22.7 Å². The molecule has 0 aliphatic rings. The Labute approximate surface area is 374 Å². The molecule has 0 amide bonds. The van der Waals surface area contributed by atoms with Gasteiger partial charge in [0.15, 0.2) is 0 Å². The van der Waals surface area contributed by atoms with Crippen molar-refractivity contribution in [3.05, 3.63) is 237 Å². The first-order valence-corrected chi connectivity index (χ1v) is 22.6. The van der Waals surface area contributed by atoms with Crippen LogP contribution in [0.1, 0.15) is 0 Å². The van der Waals surface area contributed by atoms with Crippen LogP contribution in [0.5, 0.6) is 0 Å². The maximum Gasteiger partial charge on any atom is 0.0541 e. The SMILES string of the molecule is c1ccc(N(c2ccc(-c3ccc4c(c3)c3cc(-c5ccc6c(c5)c5ccccc5n6-c5ccccc5)ccc3n4-c3ccccc3)cc2)c2ccc3sc4ccccc4c3c2)cc1. The van der Waals surface area contributed by atoms with Crippen molar-refractivity contribution in [3.63, 3.8) is 0 Å². The van der Waals surface area contributed by atoms with Gasteiger partial charge in [0.1, 0.15) is 0 Å². The Morgan fingerprint density at radius 3 is 1.30 bits per heavy atom. The first-order chi connectivity index (χ1) is 31.7. The average molecular weight is 834 g/mol. The van der Waals surface area contributed by atoms with E-state index in [1.54, 1.807) is 0 Å². The van der Waals surface area contributed by atoms with Crippen LogP contribution < -0.4 is 4.90 Å². The summed E-state index contributed by atoms with van der Waals surface area (Å²) in [5.41, 5.74) is 15.2. The number of hydrogen-bond donors (Lipinski definition) is 0. The van der Waals surface area contributed by atoms with Crippen molar-refractivity contribution in [2.24, 2.45) is 0 Å². The molecular weight excluding hydrogens is 795 g/mol. The molecule has 3 aromatic heterocycles. The lowest BCUT2D eigenvalue weighted by molar-refractivity contribution is 1.18. The number of anilines is 3. The van der Waals surface area contributed by atoms with Crippen molar-refractivity contribution < 1.29 is 0 Å². The molecule has 0 radical (unpaired) electrons. The van der Waals surface area contributed by atoms with Crippen LogP contribution in [0.2, 0.25) is 0 Å². The lowest BCUT2D eigenvalue weighted by atomic mass is 9.99. The van der Waals surface area contributed by atoms with Gasteiger partial charge in [0.2, 0.25) is 0 Å². The van der Waals surface area contributed by atoms with Crippen LogP contribution in [-0.2, 0) is 0 Å². The van der Waals surface area contributed by atoms with Gasteiger partial charge in [-0.05, 0) is 138 Å². The van der Waals surface area contributed by atoms with Gasteiger partial charge < -0.3 is 14.0 Å². The van der Waals surface area contributed by atoms with Crippen LogP contribution in [-0.4, -0.2) is 9.13 Å². The molecule has 0 saturated heterocycles. The Hall–Kier alpha value is -8.18. The number of rotatable bonds is 7. The summed E-state index contributed by atoms with van der Waals surface area (Å²) >= 11 is 1.85. The first-order valence-electron chi connectivity index (χ1n) is 21.8. The molecule has 0 atom stereocenters. The van der Waals surface area contributed by atoms with Crippen molar-refractivity contribution >= 4 is 92.2 Å². The summed E-state index contributed by atoms with van der Waals surface area (Å²) in [6, 6.07) is 86.4. The number of nitrogens with zero attached hydrogens (tertiary/aromatic N) is 3. The summed E-state index contributed by atoms with van der Waals surface area (Å²) in [5.74, 6) is 0. The number of thiophene rings is 1. The minimum absolute atomic E-state index is 1.11. The van der Waals surface area contributed by atoms with Gasteiger partial charge in [0.25, 0.3) is 0 Å². The van der Waals surface area contributed by atoms with Crippen molar-refractivity contribution in [1.82, 2.24) is 9.13 Å². The standard InChI is InChI=1S/C60H39N3S/c1-4-14-44(15-5-1)61(48-31-35-60-54(39-48)50-21-11-13-23-59(50)64-60)47-29-24-40(25-30-47)41-26-32-57-52(36-41)53-38-43(28-34-58(53)63(57)46-18-8-3-9-19-46)42-27-33-56-51(37-42)49-20-10-12-22-55(49)62(56)45-16-6-2-7-17-45/h1-39H. The Balaban J connectivity index is 0.930. The maximum absolute atomic E-state index is 2.41. The lowest BCUT2D eigenvalue weighted by Crippen LogP contribution is -2.09. The van der Waals surface area contributed by atoms with E-state index in [1.807, 2.05) is 11.3 Å². The fraction of sp³-hybridized carbons (Fsp3) is 0. The van der Waals surface area contributed by atoms with E-state index in [-0.39, 0.29) is 0 Å². The molecule has 13 rings (SSSR count). The molecule has 10 aromatic carbocycles. The van der Waals surface area contributed by atoms with Gasteiger partial charge in [-0.15, -0.1) is 11.3 Å². The second kappa shape index (κ2) is 14.7.